The Kier molecular flexibility index (Phi) is 5.37. The molecule has 0 bridgehead atoms. The maximum absolute atomic E-state index is 12.8. The number of Topliss-reactive ketones (excluding diaryl/α,β-unsaturated/α-hetero) is 1. The lowest BCUT2D eigenvalue weighted by Crippen LogP contribution is -2.57. The third kappa shape index (κ3) is 3.17. The van der Waals surface area contributed by atoms with Gasteiger partial charge >= 0.3 is 5.97 Å². The maximum Gasteiger partial charge on any atom is 0.303 e. The summed E-state index contributed by atoms with van der Waals surface area (Å²) < 4.78 is 18.9. The Balaban J connectivity index is 1.25. The van der Waals surface area contributed by atoms with E-state index in [1.165, 1.54) is 39.0 Å². The summed E-state index contributed by atoms with van der Waals surface area (Å²) in [4.78, 5) is 24.4. The van der Waals surface area contributed by atoms with Crippen molar-refractivity contribution in [3.63, 3.8) is 0 Å². The van der Waals surface area contributed by atoms with Gasteiger partial charge in [0.25, 0.3) is 0 Å². The van der Waals surface area contributed by atoms with Crippen molar-refractivity contribution >= 4 is 11.8 Å². The zero-order chi connectivity index (χ0) is 24.0. The van der Waals surface area contributed by atoms with Crippen molar-refractivity contribution in [1.82, 2.24) is 0 Å². The molecule has 0 amide bonds. The average Bonchev–Trinajstić information content (AvgIpc) is 3.21. The van der Waals surface area contributed by atoms with Crippen LogP contribution < -0.4 is 0 Å². The van der Waals surface area contributed by atoms with Gasteiger partial charge in [0.05, 0.1) is 12.7 Å². The topological polar surface area (TPSA) is 61.8 Å². The van der Waals surface area contributed by atoms with Crippen LogP contribution in [-0.4, -0.2) is 36.4 Å². The van der Waals surface area contributed by atoms with Gasteiger partial charge in [0.2, 0.25) is 0 Å². The quantitative estimate of drug-likeness (QED) is 0.469. The molecule has 0 aromatic rings. The minimum Gasteiger partial charge on any atom is -0.455 e. The lowest BCUT2D eigenvalue weighted by atomic mass is 9.44. The molecular weight excluding hydrogens is 428 g/mol. The third-order valence-corrected chi connectivity index (χ3v) is 12.1. The second kappa shape index (κ2) is 7.78. The molecule has 190 valence electrons. The number of hydrogen-bond donors (Lipinski definition) is 0. The first-order valence-corrected chi connectivity index (χ1v) is 14.1. The van der Waals surface area contributed by atoms with Gasteiger partial charge in [-0.3, -0.25) is 9.59 Å². The predicted molar refractivity (Wildman–Crippen MR) is 128 cm³/mol. The molecule has 4 saturated carbocycles. The molecule has 0 aromatic carbocycles. The van der Waals surface area contributed by atoms with Crippen molar-refractivity contribution in [2.75, 3.05) is 6.61 Å². The van der Waals surface area contributed by atoms with E-state index in [1.54, 1.807) is 0 Å². The molecule has 6 aliphatic rings. The second-order valence-electron chi connectivity index (χ2n) is 13.6. The van der Waals surface area contributed by atoms with Crippen LogP contribution in [0.4, 0.5) is 0 Å². The molecule has 0 N–H and O–H groups in total. The third-order valence-electron chi connectivity index (χ3n) is 12.1. The summed E-state index contributed by atoms with van der Waals surface area (Å²) in [7, 11) is 0. The minimum atomic E-state index is -0.539. The molecular formula is C29H44O5. The van der Waals surface area contributed by atoms with E-state index < -0.39 is 6.10 Å². The van der Waals surface area contributed by atoms with Crippen molar-refractivity contribution in [2.24, 2.45) is 52.3 Å². The SMILES string of the molecule is CC(=O)O[C@@H]1C[C@]2(C)C3CC[C@@]4(C)C(CC5O[C@]6(CCC(C)CO6)[C@@H](C)C54)C3CC[C@H]2CC1=O. The standard InChI is InChI=1S/C29H44O5/c1-16-8-11-29(32-15-16)17(2)26-24(34-29)13-22-20-7-6-19-12-23(31)25(33-18(3)30)14-28(19,5)21(20)9-10-27(22,26)4/h16-17,19-22,24-26H,6-15H2,1-5H3/t16?,17-,19-,20?,21?,22?,24?,25+,26?,27-,28-,29+/m0/s1. The number of esters is 1. The molecule has 34 heavy (non-hydrogen) atoms. The van der Waals surface area contributed by atoms with Crippen LogP contribution in [0.1, 0.15) is 92.4 Å². The number of fused-ring (bicyclic) bond motifs is 7. The van der Waals surface area contributed by atoms with E-state index in [0.29, 0.717) is 59.4 Å². The molecule has 0 radical (unpaired) electrons. The van der Waals surface area contributed by atoms with E-state index in [0.717, 1.165) is 25.9 Å². The van der Waals surface area contributed by atoms with Gasteiger partial charge in [0.1, 0.15) is 0 Å². The molecule has 6 unspecified atom stereocenters. The van der Waals surface area contributed by atoms with Gasteiger partial charge in [-0.05, 0) is 91.3 Å². The van der Waals surface area contributed by atoms with Crippen LogP contribution in [-0.2, 0) is 23.8 Å². The van der Waals surface area contributed by atoms with Crippen LogP contribution in [0.15, 0.2) is 0 Å². The van der Waals surface area contributed by atoms with Gasteiger partial charge in [-0.2, -0.15) is 0 Å². The summed E-state index contributed by atoms with van der Waals surface area (Å²) in [6.07, 6.45) is 9.35. The van der Waals surface area contributed by atoms with Crippen molar-refractivity contribution in [2.45, 2.75) is 110 Å². The lowest BCUT2D eigenvalue weighted by Gasteiger charge is -2.61. The number of ether oxygens (including phenoxy) is 3. The Morgan fingerprint density at radius 2 is 1.82 bits per heavy atom. The highest BCUT2D eigenvalue weighted by Gasteiger charge is 2.69. The summed E-state index contributed by atoms with van der Waals surface area (Å²) in [5.41, 5.74) is 0.399. The molecule has 1 spiro atoms. The van der Waals surface area contributed by atoms with Crippen LogP contribution in [0.25, 0.3) is 0 Å². The Labute approximate surface area is 205 Å². The highest BCUT2D eigenvalue weighted by Crippen LogP contribution is 2.71. The van der Waals surface area contributed by atoms with E-state index in [-0.39, 0.29) is 23.0 Å². The summed E-state index contributed by atoms with van der Waals surface area (Å²) >= 11 is 0. The van der Waals surface area contributed by atoms with Crippen LogP contribution >= 0.6 is 0 Å². The Morgan fingerprint density at radius 1 is 1.03 bits per heavy atom. The molecule has 0 aromatic heterocycles. The number of carbonyl (C=O) groups excluding carboxylic acids is 2. The summed E-state index contributed by atoms with van der Waals surface area (Å²) in [5.74, 6) is 3.56. The van der Waals surface area contributed by atoms with Gasteiger partial charge in [-0.15, -0.1) is 0 Å². The fourth-order valence-corrected chi connectivity index (χ4v) is 10.4. The van der Waals surface area contributed by atoms with Gasteiger partial charge in [-0.25, -0.2) is 0 Å². The minimum absolute atomic E-state index is 0.0896. The molecule has 6 fully saturated rings. The van der Waals surface area contributed by atoms with E-state index in [2.05, 4.69) is 27.7 Å². The molecule has 5 nitrogen and oxygen atoms in total. The molecule has 6 rings (SSSR count). The number of rotatable bonds is 1. The first kappa shape index (κ1) is 23.5. The maximum atomic E-state index is 12.8. The van der Waals surface area contributed by atoms with Crippen LogP contribution in [0.5, 0.6) is 0 Å². The number of hydrogen-bond acceptors (Lipinski definition) is 5. The largest absolute Gasteiger partial charge is 0.455 e. The fourth-order valence-electron chi connectivity index (χ4n) is 10.4. The highest BCUT2D eigenvalue weighted by atomic mass is 16.7. The predicted octanol–water partition coefficient (Wildman–Crippen LogP) is 5.54. The number of carbonyl (C=O) groups is 2. The Morgan fingerprint density at radius 3 is 2.53 bits per heavy atom. The van der Waals surface area contributed by atoms with E-state index in [9.17, 15) is 9.59 Å². The molecule has 5 heteroatoms. The monoisotopic (exact) mass is 472 g/mol. The van der Waals surface area contributed by atoms with Crippen molar-refractivity contribution in [1.29, 1.82) is 0 Å². The summed E-state index contributed by atoms with van der Waals surface area (Å²) in [6.45, 7) is 11.9. The smallest absolute Gasteiger partial charge is 0.303 e. The normalized spacial score (nSPS) is 56.4. The first-order valence-electron chi connectivity index (χ1n) is 14.1. The average molecular weight is 473 g/mol. The van der Waals surface area contributed by atoms with Crippen LogP contribution in [0.2, 0.25) is 0 Å². The van der Waals surface area contributed by atoms with Crippen molar-refractivity contribution in [3.05, 3.63) is 0 Å². The molecule has 4 aliphatic carbocycles. The highest BCUT2D eigenvalue weighted by molar-refractivity contribution is 5.86. The molecule has 2 heterocycles. The second-order valence-corrected chi connectivity index (χ2v) is 13.6. The Bertz CT molecular complexity index is 861. The molecule has 2 aliphatic heterocycles. The molecule has 2 saturated heterocycles. The van der Waals surface area contributed by atoms with Crippen molar-refractivity contribution in [3.8, 4) is 0 Å². The zero-order valence-corrected chi connectivity index (χ0v) is 21.8. The van der Waals surface area contributed by atoms with Crippen LogP contribution in [0.3, 0.4) is 0 Å². The van der Waals surface area contributed by atoms with Gasteiger partial charge < -0.3 is 14.2 Å². The Hall–Kier alpha value is -0.940. The van der Waals surface area contributed by atoms with Gasteiger partial charge in [0, 0.05) is 25.7 Å². The first-order chi connectivity index (χ1) is 16.1. The van der Waals surface area contributed by atoms with Crippen LogP contribution in [0, 0.1) is 52.3 Å². The lowest BCUT2D eigenvalue weighted by molar-refractivity contribution is -0.273. The van der Waals surface area contributed by atoms with E-state index in [4.69, 9.17) is 14.2 Å². The number of ketones is 1. The zero-order valence-electron chi connectivity index (χ0n) is 21.8. The van der Waals surface area contributed by atoms with Gasteiger partial charge in [-0.1, -0.05) is 27.7 Å². The summed E-state index contributed by atoms with van der Waals surface area (Å²) in [5, 5.41) is 0. The summed E-state index contributed by atoms with van der Waals surface area (Å²) in [6, 6.07) is 0. The molecule has 12 atom stereocenters. The van der Waals surface area contributed by atoms with E-state index >= 15 is 0 Å². The van der Waals surface area contributed by atoms with Gasteiger partial charge in [0.15, 0.2) is 17.7 Å². The van der Waals surface area contributed by atoms with E-state index in [1.807, 2.05) is 0 Å². The van der Waals surface area contributed by atoms with Crippen molar-refractivity contribution < 1.29 is 23.8 Å². The fraction of sp³-hybridized carbons (Fsp3) is 0.931.